The summed E-state index contributed by atoms with van der Waals surface area (Å²) in [6, 6.07) is 5.78. The fourth-order valence-electron chi connectivity index (χ4n) is 2.25. The first-order valence-electron chi connectivity index (χ1n) is 6.31. The summed E-state index contributed by atoms with van der Waals surface area (Å²) in [5, 5.41) is 9.50. The van der Waals surface area contributed by atoms with Gasteiger partial charge in [-0.25, -0.2) is 0 Å². The van der Waals surface area contributed by atoms with Crippen molar-refractivity contribution in [2.75, 3.05) is 19.6 Å². The third-order valence-electron chi connectivity index (χ3n) is 3.34. The van der Waals surface area contributed by atoms with Crippen LogP contribution in [-0.4, -0.2) is 29.6 Å². The molecule has 0 saturated heterocycles. The van der Waals surface area contributed by atoms with Gasteiger partial charge in [0.25, 0.3) is 0 Å². The predicted octanol–water partition coefficient (Wildman–Crippen LogP) is 3.18. The van der Waals surface area contributed by atoms with E-state index in [2.05, 4.69) is 30.9 Å². The van der Waals surface area contributed by atoms with Gasteiger partial charge in [0.2, 0.25) is 0 Å². The van der Waals surface area contributed by atoms with Gasteiger partial charge >= 0.3 is 0 Å². The summed E-state index contributed by atoms with van der Waals surface area (Å²) in [5.74, 6) is 0.390. The van der Waals surface area contributed by atoms with Crippen molar-refractivity contribution in [3.8, 4) is 5.75 Å². The molecule has 0 aliphatic carbocycles. The zero-order valence-corrected chi connectivity index (χ0v) is 12.0. The van der Waals surface area contributed by atoms with E-state index >= 15 is 0 Å². The van der Waals surface area contributed by atoms with Crippen LogP contribution in [0.3, 0.4) is 0 Å². The highest BCUT2D eigenvalue weighted by molar-refractivity contribution is 5.85. The summed E-state index contributed by atoms with van der Waals surface area (Å²) in [7, 11) is 0. The van der Waals surface area contributed by atoms with Crippen LogP contribution in [0.25, 0.3) is 0 Å². The standard InChI is InChI=1S/C15H21NO.ClH/c1-12(2)5-8-16-9-6-13-3-4-15(17)11-14(13)7-10-16;/h3-5,11,17H,6-10H2,1-2H3;1H. The maximum atomic E-state index is 9.50. The molecule has 0 spiro atoms. The summed E-state index contributed by atoms with van der Waals surface area (Å²) in [6.07, 6.45) is 4.42. The molecule has 0 atom stereocenters. The Kier molecular flexibility index (Phi) is 5.70. The number of halogens is 1. The molecule has 1 N–H and O–H groups in total. The SMILES string of the molecule is CC(C)=CCN1CCc2ccc(O)cc2CC1.Cl. The number of hydrogen-bond acceptors (Lipinski definition) is 2. The second kappa shape index (κ2) is 6.81. The largest absolute Gasteiger partial charge is 0.508 e. The van der Waals surface area contributed by atoms with Gasteiger partial charge in [0.05, 0.1) is 0 Å². The van der Waals surface area contributed by atoms with Crippen molar-refractivity contribution in [3.63, 3.8) is 0 Å². The van der Waals surface area contributed by atoms with E-state index in [1.807, 2.05) is 6.07 Å². The summed E-state index contributed by atoms with van der Waals surface area (Å²) < 4.78 is 0. The number of phenols is 1. The van der Waals surface area contributed by atoms with Crippen LogP contribution in [0.2, 0.25) is 0 Å². The minimum atomic E-state index is 0. The molecule has 1 aliphatic rings. The Morgan fingerprint density at radius 3 is 2.56 bits per heavy atom. The number of rotatable bonds is 2. The van der Waals surface area contributed by atoms with Crippen LogP contribution < -0.4 is 0 Å². The van der Waals surface area contributed by atoms with Gasteiger partial charge in [0.15, 0.2) is 0 Å². The predicted molar refractivity (Wildman–Crippen MR) is 78.6 cm³/mol. The van der Waals surface area contributed by atoms with Gasteiger partial charge in [-0.15, -0.1) is 12.4 Å². The first-order valence-corrected chi connectivity index (χ1v) is 6.31. The van der Waals surface area contributed by atoms with Gasteiger partial charge < -0.3 is 5.11 Å². The molecule has 1 aliphatic heterocycles. The molecule has 1 heterocycles. The number of fused-ring (bicyclic) bond motifs is 1. The van der Waals surface area contributed by atoms with Crippen molar-refractivity contribution in [2.45, 2.75) is 26.7 Å². The van der Waals surface area contributed by atoms with Gasteiger partial charge in [-0.2, -0.15) is 0 Å². The number of aromatic hydroxyl groups is 1. The van der Waals surface area contributed by atoms with Gasteiger partial charge in [-0.05, 0) is 49.9 Å². The van der Waals surface area contributed by atoms with Crippen molar-refractivity contribution >= 4 is 12.4 Å². The first-order chi connectivity index (χ1) is 8.15. The molecule has 0 fully saturated rings. The Bertz CT molecular complexity index is 425. The Morgan fingerprint density at radius 1 is 1.22 bits per heavy atom. The molecule has 2 rings (SSSR count). The third kappa shape index (κ3) is 4.04. The van der Waals surface area contributed by atoms with Crippen LogP contribution in [0.5, 0.6) is 5.75 Å². The van der Waals surface area contributed by atoms with E-state index in [1.165, 1.54) is 16.7 Å². The molecule has 0 unspecified atom stereocenters. The lowest BCUT2D eigenvalue weighted by molar-refractivity contribution is 0.318. The van der Waals surface area contributed by atoms with Crippen LogP contribution in [0.15, 0.2) is 29.8 Å². The Morgan fingerprint density at radius 2 is 1.89 bits per heavy atom. The quantitative estimate of drug-likeness (QED) is 0.832. The molecule has 0 amide bonds. The topological polar surface area (TPSA) is 23.5 Å². The lowest BCUT2D eigenvalue weighted by Gasteiger charge is -2.17. The molecular weight excluding hydrogens is 246 g/mol. The Labute approximate surface area is 116 Å². The van der Waals surface area contributed by atoms with E-state index in [0.717, 1.165) is 32.5 Å². The van der Waals surface area contributed by atoms with Crippen LogP contribution >= 0.6 is 12.4 Å². The van der Waals surface area contributed by atoms with Crippen LogP contribution in [0, 0.1) is 0 Å². The molecule has 3 heteroatoms. The molecule has 18 heavy (non-hydrogen) atoms. The first kappa shape index (κ1) is 15.1. The van der Waals surface area contributed by atoms with E-state index in [4.69, 9.17) is 0 Å². The van der Waals surface area contributed by atoms with Gasteiger partial charge in [0.1, 0.15) is 5.75 Å². The summed E-state index contributed by atoms with van der Waals surface area (Å²) in [6.45, 7) is 7.53. The molecule has 1 aromatic rings. The van der Waals surface area contributed by atoms with Crippen molar-refractivity contribution in [1.82, 2.24) is 4.90 Å². The van der Waals surface area contributed by atoms with E-state index < -0.39 is 0 Å². The molecule has 0 bridgehead atoms. The monoisotopic (exact) mass is 267 g/mol. The maximum Gasteiger partial charge on any atom is 0.115 e. The normalized spacial score (nSPS) is 15.2. The summed E-state index contributed by atoms with van der Waals surface area (Å²) in [5.41, 5.74) is 4.08. The zero-order valence-electron chi connectivity index (χ0n) is 11.1. The summed E-state index contributed by atoms with van der Waals surface area (Å²) >= 11 is 0. The van der Waals surface area contributed by atoms with Crippen LogP contribution in [0.4, 0.5) is 0 Å². The molecule has 1 aromatic carbocycles. The molecule has 2 nitrogen and oxygen atoms in total. The minimum absolute atomic E-state index is 0. The lowest BCUT2D eigenvalue weighted by atomic mass is 10.0. The van der Waals surface area contributed by atoms with Gasteiger partial charge in [-0.3, -0.25) is 4.90 Å². The minimum Gasteiger partial charge on any atom is -0.508 e. The third-order valence-corrected chi connectivity index (χ3v) is 3.34. The maximum absolute atomic E-state index is 9.50. The highest BCUT2D eigenvalue weighted by Gasteiger charge is 2.13. The average molecular weight is 268 g/mol. The van der Waals surface area contributed by atoms with Crippen molar-refractivity contribution in [1.29, 1.82) is 0 Å². The average Bonchev–Trinajstić information content (AvgIpc) is 2.48. The number of phenolic OH excluding ortho intramolecular Hbond substituents is 1. The van der Waals surface area contributed by atoms with Gasteiger partial charge in [0, 0.05) is 19.6 Å². The number of hydrogen-bond donors (Lipinski definition) is 1. The number of nitrogens with zero attached hydrogens (tertiary/aromatic N) is 1. The Hall–Kier alpha value is -0.990. The van der Waals surface area contributed by atoms with Crippen molar-refractivity contribution in [3.05, 3.63) is 41.0 Å². The van der Waals surface area contributed by atoms with E-state index in [0.29, 0.717) is 5.75 Å². The van der Waals surface area contributed by atoms with Gasteiger partial charge in [-0.1, -0.05) is 17.7 Å². The second-order valence-electron chi connectivity index (χ2n) is 5.04. The fourth-order valence-corrected chi connectivity index (χ4v) is 2.25. The molecular formula is C15H22ClNO. The molecule has 0 aromatic heterocycles. The number of benzene rings is 1. The number of allylic oxidation sites excluding steroid dienone is 1. The molecule has 0 radical (unpaired) electrons. The second-order valence-corrected chi connectivity index (χ2v) is 5.04. The molecule has 0 saturated carbocycles. The lowest BCUT2D eigenvalue weighted by Crippen LogP contribution is -2.26. The van der Waals surface area contributed by atoms with E-state index in [1.54, 1.807) is 6.07 Å². The van der Waals surface area contributed by atoms with Crippen molar-refractivity contribution < 1.29 is 5.11 Å². The summed E-state index contributed by atoms with van der Waals surface area (Å²) in [4.78, 5) is 2.48. The zero-order chi connectivity index (χ0) is 12.3. The smallest absolute Gasteiger partial charge is 0.115 e. The van der Waals surface area contributed by atoms with Crippen molar-refractivity contribution in [2.24, 2.45) is 0 Å². The highest BCUT2D eigenvalue weighted by Crippen LogP contribution is 2.20. The highest BCUT2D eigenvalue weighted by atomic mass is 35.5. The Balaban J connectivity index is 0.00000162. The van der Waals surface area contributed by atoms with E-state index in [9.17, 15) is 5.11 Å². The van der Waals surface area contributed by atoms with E-state index in [-0.39, 0.29) is 12.4 Å². The van der Waals surface area contributed by atoms with Crippen LogP contribution in [0.1, 0.15) is 25.0 Å². The molecule has 100 valence electrons. The van der Waals surface area contributed by atoms with Crippen LogP contribution in [-0.2, 0) is 12.8 Å². The fraction of sp³-hybridized carbons (Fsp3) is 0.467.